The fourth-order valence-corrected chi connectivity index (χ4v) is 2.17. The standard InChI is InChI=1S/C16H20N2O/c1-2-10-17-11-13-18(14-12-17)16(19)9-8-15-6-4-3-5-7-15/h2-9H,1,10-14H2/b9-8+. The van der Waals surface area contributed by atoms with Gasteiger partial charge < -0.3 is 4.90 Å². The summed E-state index contributed by atoms with van der Waals surface area (Å²) in [5.74, 6) is 0.0992. The molecule has 0 bridgehead atoms. The van der Waals surface area contributed by atoms with Crippen LogP contribution in [0.2, 0.25) is 0 Å². The van der Waals surface area contributed by atoms with Crippen molar-refractivity contribution >= 4 is 12.0 Å². The molecular formula is C16H20N2O. The van der Waals surface area contributed by atoms with Gasteiger partial charge in [-0.05, 0) is 11.6 Å². The van der Waals surface area contributed by atoms with Crippen LogP contribution in [0.15, 0.2) is 49.1 Å². The molecule has 0 aliphatic carbocycles. The van der Waals surface area contributed by atoms with E-state index >= 15 is 0 Å². The zero-order valence-corrected chi connectivity index (χ0v) is 11.2. The summed E-state index contributed by atoms with van der Waals surface area (Å²) < 4.78 is 0. The Morgan fingerprint density at radius 3 is 2.47 bits per heavy atom. The molecule has 1 fully saturated rings. The molecular weight excluding hydrogens is 236 g/mol. The van der Waals surface area contributed by atoms with Gasteiger partial charge in [0.15, 0.2) is 0 Å². The van der Waals surface area contributed by atoms with E-state index in [-0.39, 0.29) is 5.91 Å². The van der Waals surface area contributed by atoms with E-state index in [1.807, 2.05) is 47.4 Å². The molecule has 0 radical (unpaired) electrons. The van der Waals surface area contributed by atoms with Gasteiger partial charge in [-0.1, -0.05) is 36.4 Å². The molecule has 3 heteroatoms. The van der Waals surface area contributed by atoms with Gasteiger partial charge >= 0.3 is 0 Å². The van der Waals surface area contributed by atoms with E-state index in [4.69, 9.17) is 0 Å². The molecule has 19 heavy (non-hydrogen) atoms. The number of hydrogen-bond acceptors (Lipinski definition) is 2. The topological polar surface area (TPSA) is 23.6 Å². The monoisotopic (exact) mass is 256 g/mol. The molecule has 0 aromatic heterocycles. The van der Waals surface area contributed by atoms with E-state index in [1.165, 1.54) is 0 Å². The van der Waals surface area contributed by atoms with Gasteiger partial charge in [0.25, 0.3) is 0 Å². The van der Waals surface area contributed by atoms with E-state index in [0.717, 1.165) is 38.3 Å². The first-order valence-corrected chi connectivity index (χ1v) is 6.65. The summed E-state index contributed by atoms with van der Waals surface area (Å²) in [6.07, 6.45) is 5.45. The summed E-state index contributed by atoms with van der Waals surface area (Å²) in [5.41, 5.74) is 1.06. The van der Waals surface area contributed by atoms with Crippen molar-refractivity contribution < 1.29 is 4.79 Å². The molecule has 1 heterocycles. The Kier molecular flexibility index (Phi) is 4.93. The fourth-order valence-electron chi connectivity index (χ4n) is 2.17. The van der Waals surface area contributed by atoms with Crippen molar-refractivity contribution in [3.8, 4) is 0 Å². The molecule has 3 nitrogen and oxygen atoms in total. The summed E-state index contributed by atoms with van der Waals surface area (Å²) in [6, 6.07) is 9.89. The van der Waals surface area contributed by atoms with Crippen LogP contribution in [0.25, 0.3) is 6.08 Å². The zero-order chi connectivity index (χ0) is 13.5. The Labute approximate surface area is 114 Å². The molecule has 0 N–H and O–H groups in total. The summed E-state index contributed by atoms with van der Waals surface area (Å²) in [7, 11) is 0. The fraction of sp³-hybridized carbons (Fsp3) is 0.312. The van der Waals surface area contributed by atoms with Crippen molar-refractivity contribution in [3.63, 3.8) is 0 Å². The molecule has 1 aromatic carbocycles. The number of carbonyl (C=O) groups is 1. The average Bonchev–Trinajstić information content (AvgIpc) is 2.47. The SMILES string of the molecule is C=CCN1CCN(C(=O)/C=C/c2ccccc2)CC1. The predicted octanol–water partition coefficient (Wildman–Crippen LogP) is 2.03. The van der Waals surface area contributed by atoms with Crippen molar-refractivity contribution in [2.45, 2.75) is 0 Å². The Morgan fingerprint density at radius 1 is 1.16 bits per heavy atom. The van der Waals surface area contributed by atoms with E-state index in [9.17, 15) is 4.79 Å². The van der Waals surface area contributed by atoms with Crippen LogP contribution >= 0.6 is 0 Å². The highest BCUT2D eigenvalue weighted by atomic mass is 16.2. The number of nitrogens with zero attached hydrogens (tertiary/aromatic N) is 2. The van der Waals surface area contributed by atoms with Crippen LogP contribution in [0.4, 0.5) is 0 Å². The van der Waals surface area contributed by atoms with Crippen LogP contribution in [0.3, 0.4) is 0 Å². The highest BCUT2D eigenvalue weighted by Gasteiger charge is 2.18. The van der Waals surface area contributed by atoms with Crippen LogP contribution in [0.5, 0.6) is 0 Å². The quantitative estimate of drug-likeness (QED) is 0.608. The van der Waals surface area contributed by atoms with Crippen molar-refractivity contribution in [2.24, 2.45) is 0 Å². The van der Waals surface area contributed by atoms with Crippen molar-refractivity contribution in [3.05, 3.63) is 54.6 Å². The Morgan fingerprint density at radius 2 is 1.84 bits per heavy atom. The molecule has 0 atom stereocenters. The third-order valence-corrected chi connectivity index (χ3v) is 3.29. The van der Waals surface area contributed by atoms with E-state index in [2.05, 4.69) is 11.5 Å². The number of amides is 1. The molecule has 1 aromatic rings. The summed E-state index contributed by atoms with van der Waals surface area (Å²) >= 11 is 0. The maximum absolute atomic E-state index is 12.0. The molecule has 100 valence electrons. The Hall–Kier alpha value is -1.87. The van der Waals surface area contributed by atoms with E-state index in [1.54, 1.807) is 6.08 Å². The minimum atomic E-state index is 0.0992. The summed E-state index contributed by atoms with van der Waals surface area (Å²) in [5, 5.41) is 0. The van der Waals surface area contributed by atoms with Gasteiger partial charge in [-0.15, -0.1) is 6.58 Å². The summed E-state index contributed by atoms with van der Waals surface area (Å²) in [4.78, 5) is 16.2. The predicted molar refractivity (Wildman–Crippen MR) is 78.7 cm³/mol. The average molecular weight is 256 g/mol. The number of hydrogen-bond donors (Lipinski definition) is 0. The largest absolute Gasteiger partial charge is 0.337 e. The number of piperazine rings is 1. The molecule has 1 amide bonds. The van der Waals surface area contributed by atoms with Gasteiger partial charge in [0, 0.05) is 38.8 Å². The highest BCUT2D eigenvalue weighted by molar-refractivity contribution is 5.91. The van der Waals surface area contributed by atoms with Crippen molar-refractivity contribution in [1.29, 1.82) is 0 Å². The number of benzene rings is 1. The van der Waals surface area contributed by atoms with Gasteiger partial charge in [-0.25, -0.2) is 0 Å². The Bertz CT molecular complexity index is 445. The van der Waals surface area contributed by atoms with Gasteiger partial charge in [-0.2, -0.15) is 0 Å². The maximum Gasteiger partial charge on any atom is 0.246 e. The summed E-state index contributed by atoms with van der Waals surface area (Å²) in [6.45, 7) is 8.09. The van der Waals surface area contributed by atoms with Crippen molar-refractivity contribution in [2.75, 3.05) is 32.7 Å². The molecule has 1 aliphatic rings. The second kappa shape index (κ2) is 6.90. The van der Waals surface area contributed by atoms with Crippen LogP contribution < -0.4 is 0 Å². The minimum absolute atomic E-state index is 0.0992. The van der Waals surface area contributed by atoms with E-state index in [0.29, 0.717) is 0 Å². The van der Waals surface area contributed by atoms with E-state index < -0.39 is 0 Å². The molecule has 1 saturated heterocycles. The molecule has 0 unspecified atom stereocenters. The molecule has 2 rings (SSSR count). The first kappa shape index (κ1) is 13.6. The Balaban J connectivity index is 1.85. The first-order chi connectivity index (χ1) is 9.29. The lowest BCUT2D eigenvalue weighted by Gasteiger charge is -2.33. The van der Waals surface area contributed by atoms with Crippen LogP contribution in [-0.2, 0) is 4.79 Å². The van der Waals surface area contributed by atoms with Crippen LogP contribution in [0.1, 0.15) is 5.56 Å². The smallest absolute Gasteiger partial charge is 0.246 e. The third kappa shape index (κ3) is 4.07. The molecule has 0 spiro atoms. The first-order valence-electron chi connectivity index (χ1n) is 6.65. The van der Waals surface area contributed by atoms with Gasteiger partial charge in [0.05, 0.1) is 0 Å². The van der Waals surface area contributed by atoms with Crippen LogP contribution in [0, 0.1) is 0 Å². The number of carbonyl (C=O) groups excluding carboxylic acids is 1. The molecule has 0 saturated carbocycles. The van der Waals surface area contributed by atoms with Gasteiger partial charge in [-0.3, -0.25) is 9.69 Å². The third-order valence-electron chi connectivity index (χ3n) is 3.29. The lowest BCUT2D eigenvalue weighted by Crippen LogP contribution is -2.48. The second-order valence-corrected chi connectivity index (χ2v) is 4.66. The van der Waals surface area contributed by atoms with Crippen LogP contribution in [-0.4, -0.2) is 48.4 Å². The highest BCUT2D eigenvalue weighted by Crippen LogP contribution is 2.05. The minimum Gasteiger partial charge on any atom is -0.337 e. The maximum atomic E-state index is 12.0. The number of rotatable bonds is 4. The lowest BCUT2D eigenvalue weighted by atomic mass is 10.2. The van der Waals surface area contributed by atoms with Gasteiger partial charge in [0.1, 0.15) is 0 Å². The van der Waals surface area contributed by atoms with Gasteiger partial charge in [0.2, 0.25) is 5.91 Å². The normalized spacial score (nSPS) is 16.7. The van der Waals surface area contributed by atoms with Crippen molar-refractivity contribution in [1.82, 2.24) is 9.80 Å². The zero-order valence-electron chi connectivity index (χ0n) is 11.2. The lowest BCUT2D eigenvalue weighted by molar-refractivity contribution is -0.127. The molecule has 1 aliphatic heterocycles. The second-order valence-electron chi connectivity index (χ2n) is 4.66.